The number of hydrogen-bond donors (Lipinski definition) is 2. The molecule has 1 aromatic carbocycles. The van der Waals surface area contributed by atoms with E-state index in [0.717, 1.165) is 24.1 Å². The smallest absolute Gasteiger partial charge is 0.322 e. The van der Waals surface area contributed by atoms with Crippen molar-refractivity contribution in [2.24, 2.45) is 0 Å². The molecule has 1 aliphatic carbocycles. The summed E-state index contributed by atoms with van der Waals surface area (Å²) in [7, 11) is 3.39. The number of benzene rings is 1. The third kappa shape index (κ3) is 3.75. The number of nitrogens with zero attached hydrogens (tertiary/aromatic N) is 3. The highest BCUT2D eigenvalue weighted by Gasteiger charge is 2.49. The topological polar surface area (TPSA) is 90.6 Å². The molecule has 0 unspecified atom stereocenters. The van der Waals surface area contributed by atoms with Crippen molar-refractivity contribution in [1.29, 1.82) is 0 Å². The van der Waals surface area contributed by atoms with Crippen molar-refractivity contribution in [2.75, 3.05) is 32.6 Å². The molecule has 2 aliphatic rings. The van der Waals surface area contributed by atoms with E-state index in [9.17, 15) is 14.0 Å². The van der Waals surface area contributed by atoms with Crippen LogP contribution in [0.15, 0.2) is 18.2 Å². The van der Waals surface area contributed by atoms with Crippen LogP contribution in [-0.2, 0) is 17.7 Å². The van der Waals surface area contributed by atoms with Gasteiger partial charge in [-0.2, -0.15) is 5.10 Å². The number of likely N-dealkylation sites (N-methyl/N-ethyl adjacent to an activating group) is 1. The largest absolute Gasteiger partial charge is 0.382 e. The van der Waals surface area contributed by atoms with Crippen LogP contribution >= 0.6 is 11.6 Å². The molecular weight excluding hydrogens is 413 g/mol. The van der Waals surface area contributed by atoms with Crippen molar-refractivity contribution in [2.45, 2.75) is 31.3 Å². The number of H-pyrrole nitrogens is 1. The minimum atomic E-state index is -0.551. The molecule has 1 fully saturated rings. The average molecular weight is 436 g/mol. The van der Waals surface area contributed by atoms with Crippen molar-refractivity contribution in [1.82, 2.24) is 20.0 Å². The highest BCUT2D eigenvalue weighted by molar-refractivity contribution is 6.31. The van der Waals surface area contributed by atoms with Gasteiger partial charge in [0, 0.05) is 44.1 Å². The van der Waals surface area contributed by atoms with Gasteiger partial charge >= 0.3 is 6.03 Å². The van der Waals surface area contributed by atoms with E-state index in [-0.39, 0.29) is 29.0 Å². The van der Waals surface area contributed by atoms with Crippen LogP contribution in [0.25, 0.3) is 0 Å². The number of methoxy groups -OCH3 is 1. The summed E-state index contributed by atoms with van der Waals surface area (Å²) < 4.78 is 18.6. The fourth-order valence-electron chi connectivity index (χ4n) is 3.79. The summed E-state index contributed by atoms with van der Waals surface area (Å²) in [4.78, 5) is 29.1. The van der Waals surface area contributed by atoms with E-state index in [4.69, 9.17) is 16.3 Å². The number of carbonyl (C=O) groups is 2. The highest BCUT2D eigenvalue weighted by Crippen LogP contribution is 2.42. The van der Waals surface area contributed by atoms with Crippen molar-refractivity contribution in [3.63, 3.8) is 0 Å². The first-order valence-electron chi connectivity index (χ1n) is 9.69. The fourth-order valence-corrected chi connectivity index (χ4v) is 3.97. The number of halogens is 2. The van der Waals surface area contributed by atoms with E-state index in [0.29, 0.717) is 31.0 Å². The first-order valence-corrected chi connectivity index (χ1v) is 10.1. The number of aromatic nitrogens is 2. The Balaban J connectivity index is 1.48. The summed E-state index contributed by atoms with van der Waals surface area (Å²) in [5, 5.41) is 9.84. The summed E-state index contributed by atoms with van der Waals surface area (Å²) in [5.74, 6) is -0.737. The molecule has 0 radical (unpaired) electrons. The standard InChI is InChI=1S/C20H23ClFN5O3/c1-26(20(6-7-20)11-30-2)18(28)17-13-10-27(8-5-16(13)24-25-17)19(29)23-12-3-4-15(22)14(21)9-12/h3-4,9H,5-8,10-11H2,1-2H3,(H,23,29)(H,24,25). The Morgan fingerprint density at radius 2 is 2.20 bits per heavy atom. The minimum Gasteiger partial charge on any atom is -0.382 e. The number of ether oxygens (including phenoxy) is 1. The Bertz CT molecular complexity index is 991. The van der Waals surface area contributed by atoms with Gasteiger partial charge in [0.05, 0.1) is 23.7 Å². The predicted octanol–water partition coefficient (Wildman–Crippen LogP) is 3.04. The number of anilines is 1. The normalized spacial score (nSPS) is 16.7. The Kier molecular flexibility index (Phi) is 5.42. The van der Waals surface area contributed by atoms with Crippen LogP contribution in [-0.4, -0.2) is 64.8 Å². The number of carbonyl (C=O) groups excluding carboxylic acids is 2. The Morgan fingerprint density at radius 1 is 1.43 bits per heavy atom. The van der Waals surface area contributed by atoms with Gasteiger partial charge < -0.3 is 19.9 Å². The predicted molar refractivity (Wildman–Crippen MR) is 109 cm³/mol. The lowest BCUT2D eigenvalue weighted by atomic mass is 10.0. The van der Waals surface area contributed by atoms with Gasteiger partial charge in [0.15, 0.2) is 5.69 Å². The number of rotatable bonds is 5. The number of urea groups is 1. The van der Waals surface area contributed by atoms with Gasteiger partial charge in [-0.25, -0.2) is 9.18 Å². The number of nitrogens with one attached hydrogen (secondary N) is 2. The molecule has 2 N–H and O–H groups in total. The number of hydrogen-bond acceptors (Lipinski definition) is 4. The molecular formula is C20H23ClFN5O3. The van der Waals surface area contributed by atoms with E-state index in [1.807, 2.05) is 0 Å². The van der Waals surface area contributed by atoms with Gasteiger partial charge in [-0.05, 0) is 31.0 Å². The number of fused-ring (bicyclic) bond motifs is 1. The molecule has 0 saturated heterocycles. The number of amides is 3. The Hall–Kier alpha value is -2.65. The summed E-state index contributed by atoms with van der Waals surface area (Å²) >= 11 is 5.78. The molecule has 1 aromatic heterocycles. The molecule has 0 atom stereocenters. The van der Waals surface area contributed by atoms with Crippen molar-refractivity contribution < 1.29 is 18.7 Å². The van der Waals surface area contributed by atoms with Crippen LogP contribution in [0.4, 0.5) is 14.9 Å². The molecule has 3 amide bonds. The molecule has 1 aliphatic heterocycles. The zero-order chi connectivity index (χ0) is 21.5. The monoisotopic (exact) mass is 435 g/mol. The first-order chi connectivity index (χ1) is 14.3. The summed E-state index contributed by atoms with van der Waals surface area (Å²) in [6, 6.07) is 3.65. The SMILES string of the molecule is COCC1(N(C)C(=O)c2n[nH]c3c2CN(C(=O)Nc2ccc(F)c(Cl)c2)CC3)CC1. The van der Waals surface area contributed by atoms with Crippen LogP contribution in [0.1, 0.15) is 34.6 Å². The molecule has 160 valence electrons. The second-order valence-electron chi connectivity index (χ2n) is 7.78. The number of aromatic amines is 1. The lowest BCUT2D eigenvalue weighted by molar-refractivity contribution is 0.0543. The molecule has 0 spiro atoms. The van der Waals surface area contributed by atoms with Gasteiger partial charge in [0.1, 0.15) is 5.82 Å². The molecule has 8 nitrogen and oxygen atoms in total. The van der Waals surface area contributed by atoms with Gasteiger partial charge in [0.2, 0.25) is 0 Å². The fraction of sp³-hybridized carbons (Fsp3) is 0.450. The second-order valence-corrected chi connectivity index (χ2v) is 8.19. The Labute approximate surface area is 178 Å². The van der Waals surface area contributed by atoms with Gasteiger partial charge in [-0.15, -0.1) is 0 Å². The first kappa shape index (κ1) is 20.6. The van der Waals surface area contributed by atoms with Crippen molar-refractivity contribution >= 4 is 29.2 Å². The average Bonchev–Trinajstić information content (AvgIpc) is 3.39. The van der Waals surface area contributed by atoms with E-state index < -0.39 is 5.82 Å². The van der Waals surface area contributed by atoms with E-state index in [2.05, 4.69) is 15.5 Å². The van der Waals surface area contributed by atoms with Crippen molar-refractivity contribution in [3.8, 4) is 0 Å². The maximum Gasteiger partial charge on any atom is 0.322 e. The third-order valence-corrected chi connectivity index (χ3v) is 6.14. The van der Waals surface area contributed by atoms with Crippen LogP contribution in [0.5, 0.6) is 0 Å². The van der Waals surface area contributed by atoms with Gasteiger partial charge in [-0.3, -0.25) is 9.89 Å². The lowest BCUT2D eigenvalue weighted by Gasteiger charge is -2.29. The van der Waals surface area contributed by atoms with E-state index in [1.54, 1.807) is 24.0 Å². The van der Waals surface area contributed by atoms with Crippen LogP contribution in [0.3, 0.4) is 0 Å². The summed E-state index contributed by atoms with van der Waals surface area (Å²) in [6.07, 6.45) is 2.34. The molecule has 2 heterocycles. The maximum atomic E-state index is 13.3. The van der Waals surface area contributed by atoms with Crippen molar-refractivity contribution in [3.05, 3.63) is 46.0 Å². The zero-order valence-electron chi connectivity index (χ0n) is 16.8. The summed E-state index contributed by atoms with van der Waals surface area (Å²) in [6.45, 7) is 1.20. The second kappa shape index (κ2) is 7.88. The summed E-state index contributed by atoms with van der Waals surface area (Å²) in [5.41, 5.74) is 2.04. The maximum absolute atomic E-state index is 13.3. The molecule has 1 saturated carbocycles. The minimum absolute atomic E-state index is 0.0652. The lowest BCUT2D eigenvalue weighted by Crippen LogP contribution is -2.43. The van der Waals surface area contributed by atoms with Crippen LogP contribution < -0.4 is 5.32 Å². The Morgan fingerprint density at radius 3 is 2.87 bits per heavy atom. The van der Waals surface area contributed by atoms with Crippen LogP contribution in [0, 0.1) is 5.82 Å². The van der Waals surface area contributed by atoms with E-state index in [1.165, 1.54) is 18.2 Å². The third-order valence-electron chi connectivity index (χ3n) is 5.85. The van der Waals surface area contributed by atoms with Gasteiger partial charge in [0.25, 0.3) is 5.91 Å². The zero-order valence-corrected chi connectivity index (χ0v) is 17.6. The van der Waals surface area contributed by atoms with E-state index >= 15 is 0 Å². The molecule has 0 bridgehead atoms. The highest BCUT2D eigenvalue weighted by atomic mass is 35.5. The molecule has 2 aromatic rings. The molecule has 30 heavy (non-hydrogen) atoms. The van der Waals surface area contributed by atoms with Crippen LogP contribution in [0.2, 0.25) is 5.02 Å². The molecule has 4 rings (SSSR count). The molecule has 10 heteroatoms. The van der Waals surface area contributed by atoms with Gasteiger partial charge in [-0.1, -0.05) is 11.6 Å². The quantitative estimate of drug-likeness (QED) is 0.755.